The highest BCUT2D eigenvalue weighted by molar-refractivity contribution is 9.10. The Balaban J connectivity index is 1.93. The maximum absolute atomic E-state index is 10.9. The Morgan fingerprint density at radius 3 is 2.33 bits per heavy atom. The Kier molecular flexibility index (Phi) is 5.30. The third-order valence-electron chi connectivity index (χ3n) is 2.90. The van der Waals surface area contributed by atoms with Crippen LogP contribution in [0, 0.1) is 10.1 Å². The van der Waals surface area contributed by atoms with Crippen molar-refractivity contribution in [3.05, 3.63) is 68.2 Å². The van der Waals surface area contributed by atoms with Gasteiger partial charge in [-0.15, -0.1) is 0 Å². The van der Waals surface area contributed by atoms with Crippen molar-refractivity contribution in [1.82, 2.24) is 0 Å². The van der Waals surface area contributed by atoms with Crippen LogP contribution in [0.1, 0.15) is 11.1 Å². The van der Waals surface area contributed by atoms with E-state index in [2.05, 4.69) is 15.9 Å². The first-order chi connectivity index (χ1) is 10.1. The van der Waals surface area contributed by atoms with Crippen molar-refractivity contribution in [2.75, 3.05) is 7.11 Å². The highest BCUT2D eigenvalue weighted by Gasteiger charge is 2.12. The zero-order valence-corrected chi connectivity index (χ0v) is 13.0. The van der Waals surface area contributed by atoms with Gasteiger partial charge >= 0.3 is 0 Å². The van der Waals surface area contributed by atoms with Crippen LogP contribution < -0.4 is 4.74 Å². The molecule has 0 aliphatic carbocycles. The van der Waals surface area contributed by atoms with Crippen LogP contribution in [0.15, 0.2) is 46.9 Å². The van der Waals surface area contributed by atoms with Crippen LogP contribution >= 0.6 is 15.9 Å². The molecule has 0 aliphatic rings. The van der Waals surface area contributed by atoms with E-state index in [1.165, 1.54) is 6.07 Å². The number of nitrogens with zero attached hydrogens (tertiary/aromatic N) is 1. The first-order valence-electron chi connectivity index (χ1n) is 6.23. The van der Waals surface area contributed by atoms with Crippen LogP contribution in [0.2, 0.25) is 0 Å². The average Bonchev–Trinajstić information content (AvgIpc) is 2.49. The van der Waals surface area contributed by atoms with Crippen LogP contribution in [-0.2, 0) is 18.0 Å². The maximum atomic E-state index is 10.9. The third-order valence-corrected chi connectivity index (χ3v) is 3.57. The number of ether oxygens (including phenoxy) is 2. The molecule has 0 unspecified atom stereocenters. The molecule has 0 fully saturated rings. The lowest BCUT2D eigenvalue weighted by molar-refractivity contribution is -0.385. The molecular weight excluding hydrogens is 338 g/mol. The normalized spacial score (nSPS) is 10.4. The number of nitro groups is 1. The summed E-state index contributed by atoms with van der Waals surface area (Å²) in [6.07, 6.45) is 0. The molecule has 0 bridgehead atoms. The van der Waals surface area contributed by atoms with E-state index in [0.717, 1.165) is 16.9 Å². The highest BCUT2D eigenvalue weighted by Crippen LogP contribution is 2.26. The second kappa shape index (κ2) is 7.19. The summed E-state index contributed by atoms with van der Waals surface area (Å²) < 4.78 is 11.1. The first kappa shape index (κ1) is 15.5. The van der Waals surface area contributed by atoms with Crippen molar-refractivity contribution >= 4 is 21.6 Å². The molecule has 21 heavy (non-hydrogen) atoms. The van der Waals surface area contributed by atoms with Gasteiger partial charge in [0.05, 0.1) is 29.7 Å². The lowest BCUT2D eigenvalue weighted by atomic mass is 10.2. The largest absolute Gasteiger partial charge is 0.497 e. The summed E-state index contributed by atoms with van der Waals surface area (Å²) in [6.45, 7) is 0.758. The fraction of sp³-hybridized carbons (Fsp3) is 0.200. The van der Waals surface area contributed by atoms with E-state index >= 15 is 0 Å². The molecule has 0 heterocycles. The van der Waals surface area contributed by atoms with Gasteiger partial charge in [0.25, 0.3) is 5.69 Å². The zero-order chi connectivity index (χ0) is 15.2. The van der Waals surface area contributed by atoms with Crippen LogP contribution in [0.4, 0.5) is 5.69 Å². The monoisotopic (exact) mass is 351 g/mol. The number of rotatable bonds is 6. The van der Waals surface area contributed by atoms with E-state index in [1.54, 1.807) is 19.2 Å². The molecule has 110 valence electrons. The summed E-state index contributed by atoms with van der Waals surface area (Å²) in [5, 5.41) is 10.9. The minimum atomic E-state index is -0.420. The molecule has 0 spiro atoms. The minimum absolute atomic E-state index is 0.0422. The summed E-state index contributed by atoms with van der Waals surface area (Å²) in [6, 6.07) is 12.5. The molecule has 0 N–H and O–H groups in total. The second-order valence-corrected chi connectivity index (χ2v) is 5.24. The van der Waals surface area contributed by atoms with Gasteiger partial charge in [-0.3, -0.25) is 10.1 Å². The summed E-state index contributed by atoms with van der Waals surface area (Å²) in [5.41, 5.74) is 1.82. The van der Waals surface area contributed by atoms with Crippen LogP contribution in [0.5, 0.6) is 5.75 Å². The fourth-order valence-electron chi connectivity index (χ4n) is 1.80. The summed E-state index contributed by atoms with van der Waals surface area (Å²) >= 11 is 3.16. The molecule has 0 aliphatic heterocycles. The van der Waals surface area contributed by atoms with Gasteiger partial charge in [0, 0.05) is 6.07 Å². The summed E-state index contributed by atoms with van der Waals surface area (Å²) in [4.78, 5) is 10.4. The molecule has 2 rings (SSSR count). The van der Waals surface area contributed by atoms with E-state index in [-0.39, 0.29) is 5.69 Å². The number of hydrogen-bond acceptors (Lipinski definition) is 4. The summed E-state index contributed by atoms with van der Waals surface area (Å²) in [7, 11) is 1.62. The fourth-order valence-corrected chi connectivity index (χ4v) is 2.19. The third kappa shape index (κ3) is 4.27. The van der Waals surface area contributed by atoms with Gasteiger partial charge in [0.2, 0.25) is 0 Å². The molecule has 0 amide bonds. The Morgan fingerprint density at radius 1 is 1.10 bits per heavy atom. The van der Waals surface area contributed by atoms with Crippen LogP contribution in [0.3, 0.4) is 0 Å². The number of hydrogen-bond donors (Lipinski definition) is 0. The highest BCUT2D eigenvalue weighted by atomic mass is 79.9. The van der Waals surface area contributed by atoms with Crippen LogP contribution in [-0.4, -0.2) is 12.0 Å². The molecule has 0 radical (unpaired) electrons. The SMILES string of the molecule is COc1ccc(COCc2ccc(Br)c([N+](=O)[O-])c2)cc1. The van der Waals surface area contributed by atoms with Crippen molar-refractivity contribution in [2.45, 2.75) is 13.2 Å². The van der Waals surface area contributed by atoms with Gasteiger partial charge in [-0.25, -0.2) is 0 Å². The van der Waals surface area contributed by atoms with E-state index in [4.69, 9.17) is 9.47 Å². The number of nitro benzene ring substituents is 1. The van der Waals surface area contributed by atoms with E-state index < -0.39 is 4.92 Å². The van der Waals surface area contributed by atoms with Gasteiger partial charge in [-0.1, -0.05) is 18.2 Å². The standard InChI is InChI=1S/C15H14BrNO4/c1-20-13-5-2-11(3-6-13)9-21-10-12-4-7-14(16)15(8-12)17(18)19/h2-8H,9-10H2,1H3. The van der Waals surface area contributed by atoms with Crippen molar-refractivity contribution < 1.29 is 14.4 Å². The van der Waals surface area contributed by atoms with Crippen LogP contribution in [0.25, 0.3) is 0 Å². The molecule has 0 saturated heterocycles. The average molecular weight is 352 g/mol. The van der Waals surface area contributed by atoms with Crippen molar-refractivity contribution in [3.63, 3.8) is 0 Å². The molecule has 5 nitrogen and oxygen atoms in total. The molecule has 2 aromatic rings. The van der Waals surface area contributed by atoms with E-state index in [9.17, 15) is 10.1 Å². The van der Waals surface area contributed by atoms with Gasteiger partial charge in [0.15, 0.2) is 0 Å². The zero-order valence-electron chi connectivity index (χ0n) is 11.4. The van der Waals surface area contributed by atoms with Crippen molar-refractivity contribution in [2.24, 2.45) is 0 Å². The summed E-state index contributed by atoms with van der Waals surface area (Å²) in [5.74, 6) is 0.794. The predicted octanol–water partition coefficient (Wildman–Crippen LogP) is 4.08. The Bertz CT molecular complexity index is 628. The number of benzene rings is 2. The first-order valence-corrected chi connectivity index (χ1v) is 7.03. The van der Waals surface area contributed by atoms with Gasteiger partial charge in [0.1, 0.15) is 5.75 Å². The van der Waals surface area contributed by atoms with E-state index in [1.807, 2.05) is 24.3 Å². The number of halogens is 1. The van der Waals surface area contributed by atoms with Gasteiger partial charge < -0.3 is 9.47 Å². The van der Waals surface area contributed by atoms with Gasteiger partial charge in [-0.05, 0) is 45.3 Å². The smallest absolute Gasteiger partial charge is 0.283 e. The second-order valence-electron chi connectivity index (χ2n) is 4.38. The quantitative estimate of drug-likeness (QED) is 0.581. The van der Waals surface area contributed by atoms with E-state index in [0.29, 0.717) is 17.7 Å². The Morgan fingerprint density at radius 2 is 1.71 bits per heavy atom. The molecular formula is C15H14BrNO4. The maximum Gasteiger partial charge on any atom is 0.283 e. The Hall–Kier alpha value is -1.92. The lowest BCUT2D eigenvalue weighted by Crippen LogP contribution is -1.96. The molecule has 0 atom stereocenters. The van der Waals surface area contributed by atoms with Gasteiger partial charge in [-0.2, -0.15) is 0 Å². The molecule has 6 heteroatoms. The molecule has 0 aromatic heterocycles. The molecule has 2 aromatic carbocycles. The Labute approximate surface area is 130 Å². The minimum Gasteiger partial charge on any atom is -0.497 e. The predicted molar refractivity (Wildman–Crippen MR) is 82.3 cm³/mol. The topological polar surface area (TPSA) is 61.6 Å². The number of methoxy groups -OCH3 is 1. The van der Waals surface area contributed by atoms with Crippen molar-refractivity contribution in [1.29, 1.82) is 0 Å². The lowest BCUT2D eigenvalue weighted by Gasteiger charge is -2.06. The van der Waals surface area contributed by atoms with Crippen molar-refractivity contribution in [3.8, 4) is 5.75 Å². The molecule has 0 saturated carbocycles.